The van der Waals surface area contributed by atoms with Gasteiger partial charge >= 0.3 is 0 Å². The van der Waals surface area contributed by atoms with Crippen LogP contribution in [0.3, 0.4) is 0 Å². The fraction of sp³-hybridized carbons (Fsp3) is 1.00. The molecule has 0 aromatic carbocycles. The van der Waals surface area contributed by atoms with Gasteiger partial charge in [0.05, 0.1) is 0 Å². The first kappa shape index (κ1) is 18.3. The van der Waals surface area contributed by atoms with Crippen LogP contribution in [0.5, 0.6) is 0 Å². The second kappa shape index (κ2) is 14.9. The number of nitrogens with one attached hydrogen (secondary N) is 1. The van der Waals surface area contributed by atoms with Crippen LogP contribution in [0.1, 0.15) is 33.1 Å². The molecule has 1 heterocycles. The molecule has 0 spiro atoms. The molecule has 0 saturated carbocycles. The number of hydrogen-bond acceptors (Lipinski definition) is 3. The van der Waals surface area contributed by atoms with Crippen LogP contribution in [-0.2, 0) is 0 Å². The molecule has 0 aromatic heterocycles. The van der Waals surface area contributed by atoms with Crippen molar-refractivity contribution in [1.29, 1.82) is 0 Å². The van der Waals surface area contributed by atoms with E-state index in [0.29, 0.717) is 0 Å². The maximum atomic E-state index is 3.06. The minimum absolute atomic E-state index is 1.08. The molecule has 0 atom stereocenters. The number of likely N-dealkylation sites (N-methyl/N-ethyl adjacent to an activating group) is 2. The molecule has 0 unspecified atom stereocenters. The molecule has 0 aliphatic carbocycles. The smallest absolute Gasteiger partial charge is 0.0101 e. The van der Waals surface area contributed by atoms with Crippen molar-refractivity contribution in [3.05, 3.63) is 0 Å². The minimum Gasteiger partial charge on any atom is -0.318 e. The molecule has 1 N–H and O–H groups in total. The van der Waals surface area contributed by atoms with Gasteiger partial charge < -0.3 is 15.1 Å². The minimum atomic E-state index is 1.08. The van der Waals surface area contributed by atoms with E-state index >= 15 is 0 Å². The predicted octanol–water partition coefficient (Wildman–Crippen LogP) is 1.90. The van der Waals surface area contributed by atoms with Gasteiger partial charge in [0, 0.05) is 13.1 Å². The van der Waals surface area contributed by atoms with Crippen molar-refractivity contribution < 1.29 is 0 Å². The molecule has 3 nitrogen and oxygen atoms in total. The van der Waals surface area contributed by atoms with E-state index in [1.54, 1.807) is 0 Å². The molecule has 1 rings (SSSR count). The normalized spacial score (nSPS) is 15.9. The van der Waals surface area contributed by atoms with Gasteiger partial charge in [0.1, 0.15) is 0 Å². The van der Waals surface area contributed by atoms with Crippen molar-refractivity contribution in [3.8, 4) is 0 Å². The van der Waals surface area contributed by atoms with Crippen LogP contribution in [0.2, 0.25) is 0 Å². The summed E-state index contributed by atoms with van der Waals surface area (Å²) in [6.45, 7) is 8.84. The lowest BCUT2D eigenvalue weighted by atomic mass is 10.1. The first-order valence-corrected chi connectivity index (χ1v) is 6.64. The first-order chi connectivity index (χ1) is 7.66. The topological polar surface area (TPSA) is 18.5 Å². The Morgan fingerprint density at radius 3 is 1.75 bits per heavy atom. The Hall–Kier alpha value is -0.120. The average Bonchev–Trinajstić information content (AvgIpc) is 2.31. The average molecular weight is 231 g/mol. The number of piperidine rings is 1. The van der Waals surface area contributed by atoms with Crippen LogP contribution >= 0.6 is 0 Å². The first-order valence-electron chi connectivity index (χ1n) is 6.64. The summed E-state index contributed by atoms with van der Waals surface area (Å²) >= 11 is 0. The second-order valence-electron chi connectivity index (χ2n) is 4.27. The van der Waals surface area contributed by atoms with E-state index < -0.39 is 0 Å². The zero-order valence-corrected chi connectivity index (χ0v) is 12.3. The summed E-state index contributed by atoms with van der Waals surface area (Å²) < 4.78 is 0. The van der Waals surface area contributed by atoms with E-state index in [-0.39, 0.29) is 0 Å². The lowest BCUT2D eigenvalue weighted by molar-refractivity contribution is 0.277. The van der Waals surface area contributed by atoms with Gasteiger partial charge in [-0.25, -0.2) is 0 Å². The number of nitrogens with zero attached hydrogens (tertiary/aromatic N) is 2. The summed E-state index contributed by atoms with van der Waals surface area (Å²) in [4.78, 5) is 4.54. The fourth-order valence-electron chi connectivity index (χ4n) is 1.39. The van der Waals surface area contributed by atoms with Gasteiger partial charge in [-0.3, -0.25) is 0 Å². The van der Waals surface area contributed by atoms with Gasteiger partial charge in [-0.05, 0) is 54.1 Å². The molecule has 100 valence electrons. The summed E-state index contributed by atoms with van der Waals surface area (Å²) in [5.41, 5.74) is 0. The quantitative estimate of drug-likeness (QED) is 0.800. The molecule has 0 bridgehead atoms. The fourth-order valence-corrected chi connectivity index (χ4v) is 1.39. The molecule has 1 aliphatic heterocycles. The van der Waals surface area contributed by atoms with Crippen molar-refractivity contribution in [1.82, 2.24) is 15.1 Å². The van der Waals surface area contributed by atoms with Crippen molar-refractivity contribution >= 4 is 0 Å². The zero-order chi connectivity index (χ0) is 12.8. The van der Waals surface area contributed by atoms with E-state index in [2.05, 4.69) is 36.3 Å². The van der Waals surface area contributed by atoms with E-state index in [1.165, 1.54) is 32.4 Å². The van der Waals surface area contributed by atoms with Crippen LogP contribution in [0.25, 0.3) is 0 Å². The largest absolute Gasteiger partial charge is 0.318 e. The number of rotatable bonds is 3. The standard InChI is InChI=1S/C6H13N.C5H14N2.C2H6/c1-7-5-3-2-4-6-7;1-6-4-5-7(2)3;1-2/h2-6H2,1H3;6H,4-5H2,1-3H3;1-2H3. The highest BCUT2D eigenvalue weighted by Crippen LogP contribution is 2.04. The summed E-state index contributed by atoms with van der Waals surface area (Å²) in [6, 6.07) is 0. The van der Waals surface area contributed by atoms with Crippen LogP contribution in [0.15, 0.2) is 0 Å². The molecule has 1 saturated heterocycles. The molecule has 0 aromatic rings. The van der Waals surface area contributed by atoms with Gasteiger partial charge in [0.2, 0.25) is 0 Å². The molecule has 3 heteroatoms. The van der Waals surface area contributed by atoms with Gasteiger partial charge in [-0.1, -0.05) is 20.3 Å². The Labute approximate surface area is 103 Å². The van der Waals surface area contributed by atoms with Crippen LogP contribution in [0, 0.1) is 0 Å². The van der Waals surface area contributed by atoms with Crippen LogP contribution in [0.4, 0.5) is 0 Å². The zero-order valence-electron chi connectivity index (χ0n) is 12.3. The van der Waals surface area contributed by atoms with Gasteiger partial charge in [0.25, 0.3) is 0 Å². The highest BCUT2D eigenvalue weighted by Gasteiger charge is 2.02. The Bertz CT molecular complexity index is 110. The Kier molecular flexibility index (Phi) is 17.0. The lowest BCUT2D eigenvalue weighted by Crippen LogP contribution is -2.24. The van der Waals surface area contributed by atoms with Gasteiger partial charge in [-0.15, -0.1) is 0 Å². The third kappa shape index (κ3) is 16.3. The third-order valence-corrected chi connectivity index (χ3v) is 2.39. The Morgan fingerprint density at radius 2 is 1.56 bits per heavy atom. The van der Waals surface area contributed by atoms with Crippen LogP contribution < -0.4 is 5.32 Å². The summed E-state index contributed by atoms with van der Waals surface area (Å²) in [5, 5.41) is 3.06. The third-order valence-electron chi connectivity index (χ3n) is 2.39. The molecule has 0 radical (unpaired) electrons. The lowest BCUT2D eigenvalue weighted by Gasteiger charge is -2.20. The molecule has 0 amide bonds. The van der Waals surface area contributed by atoms with E-state index in [0.717, 1.165) is 13.1 Å². The van der Waals surface area contributed by atoms with E-state index in [4.69, 9.17) is 0 Å². The molecular weight excluding hydrogens is 198 g/mol. The van der Waals surface area contributed by atoms with Gasteiger partial charge in [-0.2, -0.15) is 0 Å². The summed E-state index contributed by atoms with van der Waals surface area (Å²) in [7, 11) is 8.29. The molecular formula is C13H33N3. The Balaban J connectivity index is 0. The highest BCUT2D eigenvalue weighted by molar-refractivity contribution is 4.58. The Morgan fingerprint density at radius 1 is 1.06 bits per heavy atom. The highest BCUT2D eigenvalue weighted by atomic mass is 15.1. The molecule has 1 fully saturated rings. The number of hydrogen-bond donors (Lipinski definition) is 1. The van der Waals surface area contributed by atoms with E-state index in [1.807, 2.05) is 20.9 Å². The van der Waals surface area contributed by atoms with Crippen molar-refractivity contribution in [2.45, 2.75) is 33.1 Å². The maximum Gasteiger partial charge on any atom is 0.0101 e. The molecule has 1 aliphatic rings. The summed E-state index contributed by atoms with van der Waals surface area (Å²) in [6.07, 6.45) is 4.28. The van der Waals surface area contributed by atoms with E-state index in [9.17, 15) is 0 Å². The SMILES string of the molecule is CC.CN1CCCCC1.CNCCN(C)C. The predicted molar refractivity (Wildman–Crippen MR) is 75.2 cm³/mol. The molecule has 16 heavy (non-hydrogen) atoms. The van der Waals surface area contributed by atoms with Crippen molar-refractivity contribution in [2.75, 3.05) is 54.4 Å². The van der Waals surface area contributed by atoms with Crippen molar-refractivity contribution in [2.24, 2.45) is 0 Å². The van der Waals surface area contributed by atoms with Crippen molar-refractivity contribution in [3.63, 3.8) is 0 Å². The van der Waals surface area contributed by atoms with Gasteiger partial charge in [0.15, 0.2) is 0 Å². The second-order valence-corrected chi connectivity index (χ2v) is 4.27. The maximum absolute atomic E-state index is 3.06. The number of likely N-dealkylation sites (tertiary alicyclic amines) is 1. The van der Waals surface area contributed by atoms with Crippen LogP contribution in [-0.4, -0.2) is 64.2 Å². The summed E-state index contributed by atoms with van der Waals surface area (Å²) in [5.74, 6) is 0. The monoisotopic (exact) mass is 231 g/mol.